The second-order valence-electron chi connectivity index (χ2n) is 5.80. The van der Waals surface area contributed by atoms with Crippen molar-refractivity contribution in [1.29, 1.82) is 0 Å². The van der Waals surface area contributed by atoms with Gasteiger partial charge in [0.2, 0.25) is 0 Å². The van der Waals surface area contributed by atoms with Crippen LogP contribution in [0.25, 0.3) is 0 Å². The van der Waals surface area contributed by atoms with Crippen molar-refractivity contribution in [3.63, 3.8) is 0 Å². The summed E-state index contributed by atoms with van der Waals surface area (Å²) in [4.78, 5) is 2.60. The molecular formula is C17H19N2+. The van der Waals surface area contributed by atoms with Gasteiger partial charge in [-0.1, -0.05) is 30.3 Å². The predicted molar refractivity (Wildman–Crippen MR) is 76.1 cm³/mol. The van der Waals surface area contributed by atoms with Gasteiger partial charge in [-0.05, 0) is 24.1 Å². The maximum atomic E-state index is 2.60. The van der Waals surface area contributed by atoms with Crippen molar-refractivity contribution in [1.82, 2.24) is 0 Å². The second kappa shape index (κ2) is 3.83. The highest BCUT2D eigenvalue weighted by molar-refractivity contribution is 5.53. The summed E-state index contributed by atoms with van der Waals surface area (Å²) >= 11 is 0. The first-order valence-corrected chi connectivity index (χ1v) is 7.09. The standard InChI is InChI=1S/C17H19N2/c1-12-15-11-16(14-8-4-3-7-13(14)15)19(12)17-9-5-6-10-18(17)2/h3-10,12,15-16H,11H2,1-2H3/q+1. The Balaban J connectivity index is 1.84. The van der Waals surface area contributed by atoms with Crippen molar-refractivity contribution >= 4 is 5.82 Å². The maximum Gasteiger partial charge on any atom is 0.276 e. The molecule has 1 saturated heterocycles. The van der Waals surface area contributed by atoms with Crippen LogP contribution in [0.15, 0.2) is 48.7 Å². The van der Waals surface area contributed by atoms with Crippen LogP contribution in [0.5, 0.6) is 0 Å². The molecule has 1 aromatic carbocycles. The van der Waals surface area contributed by atoms with Gasteiger partial charge in [-0.15, -0.1) is 0 Å². The van der Waals surface area contributed by atoms with E-state index in [-0.39, 0.29) is 0 Å². The highest BCUT2D eigenvalue weighted by atomic mass is 15.3. The van der Waals surface area contributed by atoms with E-state index in [4.69, 9.17) is 0 Å². The van der Waals surface area contributed by atoms with Crippen LogP contribution in [0, 0.1) is 0 Å². The fourth-order valence-corrected chi connectivity index (χ4v) is 4.00. The molecule has 3 atom stereocenters. The minimum atomic E-state index is 0.560. The Hall–Kier alpha value is -1.83. The fourth-order valence-electron chi connectivity index (χ4n) is 4.00. The van der Waals surface area contributed by atoms with Gasteiger partial charge in [-0.25, -0.2) is 4.57 Å². The van der Waals surface area contributed by atoms with E-state index >= 15 is 0 Å². The first kappa shape index (κ1) is 11.0. The number of hydrogen-bond acceptors (Lipinski definition) is 1. The summed E-state index contributed by atoms with van der Waals surface area (Å²) in [5.41, 5.74) is 3.12. The van der Waals surface area contributed by atoms with Crippen LogP contribution in [-0.2, 0) is 7.05 Å². The molecule has 2 bridgehead atoms. The number of benzene rings is 1. The van der Waals surface area contributed by atoms with Crippen molar-refractivity contribution in [3.8, 4) is 0 Å². The number of fused-ring (bicyclic) bond motifs is 5. The third-order valence-electron chi connectivity index (χ3n) is 4.88. The molecule has 0 N–H and O–H groups in total. The molecule has 1 aromatic heterocycles. The number of rotatable bonds is 1. The molecule has 2 heterocycles. The molecular weight excluding hydrogens is 232 g/mol. The molecule has 3 unspecified atom stereocenters. The number of anilines is 1. The molecule has 0 spiro atoms. The summed E-state index contributed by atoms with van der Waals surface area (Å²) in [5.74, 6) is 2.03. The minimum absolute atomic E-state index is 0.560. The molecule has 0 radical (unpaired) electrons. The van der Waals surface area contributed by atoms with Crippen LogP contribution >= 0.6 is 0 Å². The van der Waals surface area contributed by atoms with Gasteiger partial charge in [-0.2, -0.15) is 0 Å². The normalized spacial score (nSPS) is 27.7. The van der Waals surface area contributed by atoms with Crippen LogP contribution in [-0.4, -0.2) is 6.04 Å². The first-order valence-electron chi connectivity index (χ1n) is 7.09. The van der Waals surface area contributed by atoms with Crippen LogP contribution in [0.2, 0.25) is 0 Å². The van der Waals surface area contributed by atoms with E-state index < -0.39 is 0 Å². The topological polar surface area (TPSA) is 7.12 Å². The largest absolute Gasteiger partial charge is 0.276 e. The quantitative estimate of drug-likeness (QED) is 0.707. The first-order chi connectivity index (χ1) is 9.27. The second-order valence-corrected chi connectivity index (χ2v) is 5.80. The molecule has 2 aromatic rings. The third kappa shape index (κ3) is 1.40. The van der Waals surface area contributed by atoms with E-state index in [2.05, 4.69) is 72.1 Å². The number of aryl methyl sites for hydroxylation is 1. The molecule has 2 aliphatic rings. The fraction of sp³-hybridized carbons (Fsp3) is 0.353. The van der Waals surface area contributed by atoms with Gasteiger partial charge < -0.3 is 0 Å². The summed E-state index contributed by atoms with van der Waals surface area (Å²) < 4.78 is 2.24. The van der Waals surface area contributed by atoms with Gasteiger partial charge in [0.1, 0.15) is 12.1 Å². The van der Waals surface area contributed by atoms with Crippen molar-refractivity contribution < 1.29 is 4.57 Å². The lowest BCUT2D eigenvalue weighted by Gasteiger charge is -2.30. The highest BCUT2D eigenvalue weighted by Crippen LogP contribution is 2.54. The highest BCUT2D eigenvalue weighted by Gasteiger charge is 2.52. The van der Waals surface area contributed by atoms with E-state index in [1.807, 2.05) is 0 Å². The Morgan fingerprint density at radius 3 is 2.58 bits per heavy atom. The van der Waals surface area contributed by atoms with Gasteiger partial charge in [-0.3, -0.25) is 4.90 Å². The number of nitrogens with zero attached hydrogens (tertiary/aromatic N) is 2. The van der Waals surface area contributed by atoms with Crippen molar-refractivity contribution in [2.45, 2.75) is 31.3 Å². The molecule has 1 fully saturated rings. The lowest BCUT2D eigenvalue weighted by atomic mass is 9.93. The molecule has 2 heteroatoms. The third-order valence-corrected chi connectivity index (χ3v) is 4.88. The molecule has 0 saturated carbocycles. The summed E-state index contributed by atoms with van der Waals surface area (Å²) in [6, 6.07) is 16.6. The van der Waals surface area contributed by atoms with Gasteiger partial charge in [0.25, 0.3) is 5.82 Å². The summed E-state index contributed by atoms with van der Waals surface area (Å²) in [6.07, 6.45) is 3.41. The van der Waals surface area contributed by atoms with E-state index in [0.29, 0.717) is 18.0 Å². The SMILES string of the molecule is CC1C2CC(c3ccccc32)N1c1cccc[n+]1C. The summed E-state index contributed by atoms with van der Waals surface area (Å²) in [6.45, 7) is 2.37. The van der Waals surface area contributed by atoms with Gasteiger partial charge in [0.05, 0.1) is 13.2 Å². The molecule has 96 valence electrons. The number of pyridine rings is 1. The monoisotopic (exact) mass is 251 g/mol. The average Bonchev–Trinajstić information content (AvgIpc) is 2.96. The minimum Gasteiger partial charge on any atom is -0.252 e. The zero-order valence-electron chi connectivity index (χ0n) is 11.5. The molecule has 4 rings (SSSR count). The van der Waals surface area contributed by atoms with E-state index in [0.717, 1.165) is 0 Å². The Kier molecular flexibility index (Phi) is 2.22. The maximum absolute atomic E-state index is 2.60. The average molecular weight is 251 g/mol. The lowest BCUT2D eigenvalue weighted by molar-refractivity contribution is -0.659. The number of hydrogen-bond donors (Lipinski definition) is 0. The molecule has 1 aliphatic heterocycles. The summed E-state index contributed by atoms with van der Waals surface area (Å²) in [5, 5.41) is 0. The molecule has 19 heavy (non-hydrogen) atoms. The van der Waals surface area contributed by atoms with E-state index in [9.17, 15) is 0 Å². The Labute approximate surface area is 114 Å². The van der Waals surface area contributed by atoms with Crippen molar-refractivity contribution in [3.05, 3.63) is 59.8 Å². The Bertz CT molecular complexity index is 635. The van der Waals surface area contributed by atoms with Crippen molar-refractivity contribution in [2.75, 3.05) is 4.90 Å². The van der Waals surface area contributed by atoms with Crippen LogP contribution < -0.4 is 9.47 Å². The van der Waals surface area contributed by atoms with Crippen LogP contribution in [0.3, 0.4) is 0 Å². The molecule has 0 amide bonds. The Morgan fingerprint density at radius 2 is 1.79 bits per heavy atom. The van der Waals surface area contributed by atoms with Gasteiger partial charge in [0, 0.05) is 18.4 Å². The van der Waals surface area contributed by atoms with Crippen LogP contribution in [0.1, 0.15) is 36.4 Å². The van der Waals surface area contributed by atoms with Gasteiger partial charge in [0.15, 0.2) is 0 Å². The summed E-state index contributed by atoms with van der Waals surface area (Å²) in [7, 11) is 2.14. The Morgan fingerprint density at radius 1 is 1.05 bits per heavy atom. The lowest BCUT2D eigenvalue weighted by Crippen LogP contribution is -2.44. The van der Waals surface area contributed by atoms with E-state index in [1.54, 1.807) is 5.56 Å². The molecule has 1 aliphatic carbocycles. The zero-order chi connectivity index (χ0) is 13.0. The molecule has 2 nitrogen and oxygen atoms in total. The van der Waals surface area contributed by atoms with Crippen molar-refractivity contribution in [2.24, 2.45) is 7.05 Å². The van der Waals surface area contributed by atoms with E-state index in [1.165, 1.54) is 17.8 Å². The van der Waals surface area contributed by atoms with Crippen LogP contribution in [0.4, 0.5) is 5.82 Å². The predicted octanol–water partition coefficient (Wildman–Crippen LogP) is 2.95. The number of aromatic nitrogens is 1. The smallest absolute Gasteiger partial charge is 0.252 e. The zero-order valence-corrected chi connectivity index (χ0v) is 11.5. The van der Waals surface area contributed by atoms with Gasteiger partial charge >= 0.3 is 0 Å².